The van der Waals surface area contributed by atoms with Gasteiger partial charge in [-0.3, -0.25) is 0 Å². The van der Waals surface area contributed by atoms with E-state index < -0.39 is 0 Å². The highest BCUT2D eigenvalue weighted by atomic mass is 16.3. The van der Waals surface area contributed by atoms with Gasteiger partial charge in [0, 0.05) is 5.56 Å². The molecule has 0 fully saturated rings. The predicted molar refractivity (Wildman–Crippen MR) is 91.2 cm³/mol. The molecule has 0 amide bonds. The number of nitrogens with zero attached hydrogens (tertiary/aromatic N) is 1. The summed E-state index contributed by atoms with van der Waals surface area (Å²) in [6, 6.07) is 11.9. The number of fused-ring (bicyclic) bond motifs is 1. The summed E-state index contributed by atoms with van der Waals surface area (Å²) in [4.78, 5) is 7.98. The van der Waals surface area contributed by atoms with Crippen molar-refractivity contribution in [1.82, 2.24) is 9.97 Å². The minimum Gasteiger partial charge on any atom is -0.507 e. The van der Waals surface area contributed by atoms with E-state index in [-0.39, 0.29) is 5.41 Å². The fourth-order valence-electron chi connectivity index (χ4n) is 2.77. The van der Waals surface area contributed by atoms with Crippen molar-refractivity contribution >= 4 is 11.0 Å². The van der Waals surface area contributed by atoms with Gasteiger partial charge in [0.2, 0.25) is 0 Å². The lowest BCUT2D eigenvalue weighted by atomic mass is 9.81. The average Bonchev–Trinajstić information content (AvgIpc) is 2.92. The maximum absolute atomic E-state index is 10.7. The molecule has 3 aromatic rings. The molecule has 0 saturated heterocycles. The van der Waals surface area contributed by atoms with Crippen LogP contribution in [0.25, 0.3) is 22.4 Å². The van der Waals surface area contributed by atoms with E-state index in [0.29, 0.717) is 5.75 Å². The summed E-state index contributed by atoms with van der Waals surface area (Å²) in [5.41, 5.74) is 4.76. The van der Waals surface area contributed by atoms with Gasteiger partial charge in [0.25, 0.3) is 0 Å². The molecule has 0 spiro atoms. The topological polar surface area (TPSA) is 48.9 Å². The second-order valence-corrected chi connectivity index (χ2v) is 6.49. The third-order valence-electron chi connectivity index (χ3n) is 4.63. The summed E-state index contributed by atoms with van der Waals surface area (Å²) >= 11 is 0. The fourth-order valence-corrected chi connectivity index (χ4v) is 2.77. The van der Waals surface area contributed by atoms with Crippen LogP contribution < -0.4 is 0 Å². The number of aromatic nitrogens is 2. The Hall–Kier alpha value is -2.29. The second-order valence-electron chi connectivity index (χ2n) is 6.49. The molecule has 1 aromatic heterocycles. The zero-order valence-electron chi connectivity index (χ0n) is 13.6. The Bertz CT molecular complexity index is 831. The summed E-state index contributed by atoms with van der Waals surface area (Å²) in [6.07, 6.45) is 0.962. The molecule has 2 aromatic carbocycles. The van der Waals surface area contributed by atoms with Crippen LogP contribution in [-0.2, 0) is 5.41 Å². The van der Waals surface area contributed by atoms with Crippen LogP contribution in [0, 0.1) is 6.92 Å². The molecule has 3 nitrogen and oxygen atoms in total. The molecule has 1 heterocycles. The molecule has 0 atom stereocenters. The SMILES string of the molecule is CCC(C)(C)c1cccc(-c2nc3cccc(C)c3[nH]2)c1O. The number of phenols is 1. The number of aromatic hydroxyl groups is 1. The van der Waals surface area contributed by atoms with Gasteiger partial charge in [0.05, 0.1) is 16.6 Å². The van der Waals surface area contributed by atoms with E-state index >= 15 is 0 Å². The number of nitrogens with one attached hydrogen (secondary N) is 1. The Morgan fingerprint density at radius 2 is 1.86 bits per heavy atom. The van der Waals surface area contributed by atoms with Crippen LogP contribution >= 0.6 is 0 Å². The number of hydrogen-bond acceptors (Lipinski definition) is 2. The molecule has 0 radical (unpaired) electrons. The molecule has 3 rings (SSSR count). The van der Waals surface area contributed by atoms with Crippen LogP contribution in [0.3, 0.4) is 0 Å². The highest BCUT2D eigenvalue weighted by molar-refractivity contribution is 5.83. The Morgan fingerprint density at radius 3 is 2.55 bits per heavy atom. The van der Waals surface area contributed by atoms with E-state index in [1.54, 1.807) is 0 Å². The molecule has 3 heteroatoms. The van der Waals surface area contributed by atoms with E-state index in [0.717, 1.165) is 40.0 Å². The van der Waals surface area contributed by atoms with Crippen molar-refractivity contribution in [1.29, 1.82) is 0 Å². The maximum Gasteiger partial charge on any atom is 0.142 e. The van der Waals surface area contributed by atoms with Crippen LogP contribution in [0.1, 0.15) is 38.3 Å². The van der Waals surface area contributed by atoms with Gasteiger partial charge < -0.3 is 10.1 Å². The molecule has 0 aliphatic carbocycles. The molecular weight excluding hydrogens is 272 g/mol. The first-order valence-electron chi connectivity index (χ1n) is 7.72. The van der Waals surface area contributed by atoms with Gasteiger partial charge >= 0.3 is 0 Å². The summed E-state index contributed by atoms with van der Waals surface area (Å²) in [6.45, 7) is 8.49. The zero-order valence-corrected chi connectivity index (χ0v) is 13.6. The van der Waals surface area contributed by atoms with Crippen LogP contribution in [0.4, 0.5) is 0 Å². The molecular formula is C19H22N2O. The first kappa shape index (κ1) is 14.6. The van der Waals surface area contributed by atoms with Gasteiger partial charge in [-0.2, -0.15) is 0 Å². The van der Waals surface area contributed by atoms with E-state index in [1.807, 2.05) is 30.3 Å². The molecule has 114 valence electrons. The highest BCUT2D eigenvalue weighted by Gasteiger charge is 2.24. The Balaban J connectivity index is 2.19. The Morgan fingerprint density at radius 1 is 1.14 bits per heavy atom. The summed E-state index contributed by atoms with van der Waals surface area (Å²) in [7, 11) is 0. The van der Waals surface area contributed by atoms with Crippen molar-refractivity contribution in [2.24, 2.45) is 0 Å². The molecule has 0 aliphatic rings. The van der Waals surface area contributed by atoms with Crippen molar-refractivity contribution in [3.63, 3.8) is 0 Å². The highest BCUT2D eigenvalue weighted by Crippen LogP contribution is 2.39. The smallest absolute Gasteiger partial charge is 0.142 e. The van der Waals surface area contributed by atoms with Gasteiger partial charge in [-0.15, -0.1) is 0 Å². The lowest BCUT2D eigenvalue weighted by molar-refractivity contribution is 0.430. The van der Waals surface area contributed by atoms with E-state index in [2.05, 4.69) is 43.7 Å². The fraction of sp³-hybridized carbons (Fsp3) is 0.316. The zero-order chi connectivity index (χ0) is 15.9. The molecule has 0 unspecified atom stereocenters. The normalized spacial score (nSPS) is 12.0. The minimum atomic E-state index is -0.0674. The summed E-state index contributed by atoms with van der Waals surface area (Å²) < 4.78 is 0. The number of imidazole rings is 1. The molecule has 2 N–H and O–H groups in total. The van der Waals surface area contributed by atoms with Crippen LogP contribution in [-0.4, -0.2) is 15.1 Å². The van der Waals surface area contributed by atoms with Gasteiger partial charge in [-0.1, -0.05) is 45.0 Å². The molecule has 0 saturated carbocycles. The Labute approximate surface area is 131 Å². The van der Waals surface area contributed by atoms with Gasteiger partial charge in [-0.05, 0) is 36.5 Å². The molecule has 22 heavy (non-hydrogen) atoms. The van der Waals surface area contributed by atoms with Gasteiger partial charge in [0.15, 0.2) is 0 Å². The lowest BCUT2D eigenvalue weighted by Crippen LogP contribution is -2.15. The van der Waals surface area contributed by atoms with Crippen molar-refractivity contribution < 1.29 is 5.11 Å². The van der Waals surface area contributed by atoms with Crippen molar-refractivity contribution in [3.05, 3.63) is 47.5 Å². The third kappa shape index (κ3) is 2.27. The second kappa shape index (κ2) is 5.16. The maximum atomic E-state index is 10.7. The first-order chi connectivity index (χ1) is 10.4. The number of benzene rings is 2. The number of phenolic OH excluding ortho intramolecular Hbond substituents is 1. The lowest BCUT2D eigenvalue weighted by Gasteiger charge is -2.25. The molecule has 0 aliphatic heterocycles. The summed E-state index contributed by atoms with van der Waals surface area (Å²) in [5.74, 6) is 1.04. The minimum absolute atomic E-state index is 0.0674. The quantitative estimate of drug-likeness (QED) is 0.719. The number of para-hydroxylation sites is 2. The Kier molecular flexibility index (Phi) is 3.44. The van der Waals surface area contributed by atoms with E-state index in [9.17, 15) is 5.11 Å². The van der Waals surface area contributed by atoms with Crippen LogP contribution in [0.15, 0.2) is 36.4 Å². The van der Waals surface area contributed by atoms with E-state index in [1.165, 1.54) is 0 Å². The number of aryl methyl sites for hydroxylation is 1. The number of rotatable bonds is 3. The largest absolute Gasteiger partial charge is 0.507 e. The number of H-pyrrole nitrogens is 1. The van der Waals surface area contributed by atoms with Crippen molar-refractivity contribution in [3.8, 4) is 17.1 Å². The number of hydrogen-bond donors (Lipinski definition) is 2. The molecule has 0 bridgehead atoms. The number of aromatic amines is 1. The monoisotopic (exact) mass is 294 g/mol. The van der Waals surface area contributed by atoms with Gasteiger partial charge in [0.1, 0.15) is 11.6 Å². The van der Waals surface area contributed by atoms with E-state index in [4.69, 9.17) is 0 Å². The van der Waals surface area contributed by atoms with Crippen LogP contribution in [0.5, 0.6) is 5.75 Å². The predicted octanol–water partition coefficient (Wildman–Crippen LogP) is 4.93. The van der Waals surface area contributed by atoms with Crippen molar-refractivity contribution in [2.45, 2.75) is 39.5 Å². The third-order valence-corrected chi connectivity index (χ3v) is 4.63. The standard InChI is InChI=1S/C19H22N2O/c1-5-19(3,4)14-10-7-9-13(17(14)22)18-20-15-11-6-8-12(2)16(15)21-18/h6-11,22H,5H2,1-4H3,(H,20,21). The summed E-state index contributed by atoms with van der Waals surface area (Å²) in [5, 5.41) is 10.7. The average molecular weight is 294 g/mol. The first-order valence-corrected chi connectivity index (χ1v) is 7.72. The van der Waals surface area contributed by atoms with Crippen molar-refractivity contribution in [2.75, 3.05) is 0 Å². The van der Waals surface area contributed by atoms with Crippen LogP contribution in [0.2, 0.25) is 0 Å². The van der Waals surface area contributed by atoms with Gasteiger partial charge in [-0.25, -0.2) is 4.98 Å².